The average Bonchev–Trinajstić information content (AvgIpc) is 2.89. The zero-order valence-corrected chi connectivity index (χ0v) is 13.2. The summed E-state index contributed by atoms with van der Waals surface area (Å²) in [6, 6.07) is 15.5. The zero-order chi connectivity index (χ0) is 16.2. The van der Waals surface area contributed by atoms with E-state index in [1.165, 1.54) is 0 Å². The molecule has 0 fully saturated rings. The molecular weight excluding hydrogens is 290 g/mol. The minimum Gasteiger partial charge on any atom is -0.484 e. The number of aromatic nitrogens is 2. The van der Waals surface area contributed by atoms with Crippen molar-refractivity contribution in [2.75, 3.05) is 6.61 Å². The number of imidazole rings is 1. The first-order valence-corrected chi connectivity index (χ1v) is 7.50. The largest absolute Gasteiger partial charge is 0.484 e. The summed E-state index contributed by atoms with van der Waals surface area (Å²) >= 11 is 0. The Morgan fingerprint density at radius 1 is 1.17 bits per heavy atom. The molecule has 0 spiro atoms. The van der Waals surface area contributed by atoms with Crippen molar-refractivity contribution in [3.63, 3.8) is 0 Å². The summed E-state index contributed by atoms with van der Waals surface area (Å²) in [7, 11) is 1.95. The fourth-order valence-corrected chi connectivity index (χ4v) is 2.44. The first-order valence-electron chi connectivity index (χ1n) is 7.50. The lowest BCUT2D eigenvalue weighted by Crippen LogP contribution is -2.29. The predicted octanol–water partition coefficient (Wildman–Crippen LogP) is 2.58. The van der Waals surface area contributed by atoms with E-state index in [9.17, 15) is 4.79 Å². The number of aryl methyl sites for hydroxylation is 2. The summed E-state index contributed by atoms with van der Waals surface area (Å²) in [5.74, 6) is 1.38. The Bertz CT molecular complexity index is 839. The van der Waals surface area contributed by atoms with Crippen molar-refractivity contribution < 1.29 is 9.53 Å². The van der Waals surface area contributed by atoms with Crippen LogP contribution in [0.2, 0.25) is 0 Å². The maximum Gasteiger partial charge on any atom is 0.258 e. The molecule has 0 unspecified atom stereocenters. The lowest BCUT2D eigenvalue weighted by molar-refractivity contribution is -0.123. The van der Waals surface area contributed by atoms with E-state index in [1.54, 1.807) is 0 Å². The summed E-state index contributed by atoms with van der Waals surface area (Å²) < 4.78 is 7.52. The van der Waals surface area contributed by atoms with Crippen molar-refractivity contribution in [3.8, 4) is 5.75 Å². The number of hydrogen-bond acceptors (Lipinski definition) is 3. The van der Waals surface area contributed by atoms with Crippen molar-refractivity contribution in [3.05, 3.63) is 59.9 Å². The van der Waals surface area contributed by atoms with Gasteiger partial charge in [0.25, 0.3) is 5.91 Å². The molecule has 23 heavy (non-hydrogen) atoms. The van der Waals surface area contributed by atoms with Crippen molar-refractivity contribution in [2.45, 2.75) is 13.5 Å². The number of nitrogens with one attached hydrogen (secondary N) is 1. The molecule has 0 radical (unpaired) electrons. The molecule has 5 heteroatoms. The first-order chi connectivity index (χ1) is 11.1. The molecule has 1 amide bonds. The molecule has 3 rings (SSSR count). The van der Waals surface area contributed by atoms with Gasteiger partial charge in [-0.15, -0.1) is 0 Å². The highest BCUT2D eigenvalue weighted by molar-refractivity contribution is 5.78. The molecule has 0 atom stereocenters. The van der Waals surface area contributed by atoms with Gasteiger partial charge in [-0.2, -0.15) is 0 Å². The SMILES string of the molecule is Cc1ccccc1OCC(=O)NCc1nc2ccccc2n1C. The van der Waals surface area contributed by atoms with E-state index in [-0.39, 0.29) is 12.5 Å². The Morgan fingerprint density at radius 3 is 2.70 bits per heavy atom. The molecule has 0 aliphatic heterocycles. The van der Waals surface area contributed by atoms with Crippen molar-refractivity contribution >= 4 is 16.9 Å². The van der Waals surface area contributed by atoms with E-state index in [4.69, 9.17) is 4.74 Å². The highest BCUT2D eigenvalue weighted by atomic mass is 16.5. The Labute approximate surface area is 134 Å². The summed E-state index contributed by atoms with van der Waals surface area (Å²) in [6.07, 6.45) is 0. The van der Waals surface area contributed by atoms with Crippen LogP contribution in [0, 0.1) is 6.92 Å². The van der Waals surface area contributed by atoms with Crippen molar-refractivity contribution in [1.29, 1.82) is 0 Å². The van der Waals surface area contributed by atoms with Crippen LogP contribution in [0.25, 0.3) is 11.0 Å². The van der Waals surface area contributed by atoms with E-state index in [2.05, 4.69) is 10.3 Å². The standard InChI is InChI=1S/C18H19N3O2/c1-13-7-3-6-10-16(13)23-12-18(22)19-11-17-20-14-8-4-5-9-15(14)21(17)2/h3-10H,11-12H2,1-2H3,(H,19,22). The van der Waals surface area contributed by atoms with Crippen LogP contribution in [-0.2, 0) is 18.4 Å². The normalized spacial score (nSPS) is 10.7. The van der Waals surface area contributed by atoms with Gasteiger partial charge in [-0.3, -0.25) is 4.79 Å². The highest BCUT2D eigenvalue weighted by Crippen LogP contribution is 2.16. The van der Waals surface area contributed by atoms with Crippen LogP contribution in [0.5, 0.6) is 5.75 Å². The van der Waals surface area contributed by atoms with Gasteiger partial charge in [0.1, 0.15) is 11.6 Å². The van der Waals surface area contributed by atoms with Gasteiger partial charge in [0.15, 0.2) is 6.61 Å². The van der Waals surface area contributed by atoms with E-state index in [0.717, 1.165) is 28.2 Å². The molecule has 0 aliphatic carbocycles. The third kappa shape index (κ3) is 3.34. The van der Waals surface area contributed by atoms with Gasteiger partial charge in [-0.05, 0) is 30.7 Å². The number of ether oxygens (including phenoxy) is 1. The average molecular weight is 309 g/mol. The molecule has 2 aromatic carbocycles. The summed E-state index contributed by atoms with van der Waals surface area (Å²) in [6.45, 7) is 2.32. The number of amides is 1. The van der Waals surface area contributed by atoms with Crippen LogP contribution in [0.3, 0.4) is 0 Å². The summed E-state index contributed by atoms with van der Waals surface area (Å²) in [5, 5.41) is 2.84. The number of rotatable bonds is 5. The smallest absolute Gasteiger partial charge is 0.258 e. The Kier molecular flexibility index (Phi) is 4.28. The lowest BCUT2D eigenvalue weighted by Gasteiger charge is -2.09. The third-order valence-corrected chi connectivity index (χ3v) is 3.78. The number of para-hydroxylation sites is 3. The van der Waals surface area contributed by atoms with Gasteiger partial charge in [-0.25, -0.2) is 4.98 Å². The molecular formula is C18H19N3O2. The van der Waals surface area contributed by atoms with Gasteiger partial charge in [-0.1, -0.05) is 30.3 Å². The molecule has 0 aliphatic rings. The number of benzene rings is 2. The monoisotopic (exact) mass is 309 g/mol. The predicted molar refractivity (Wildman–Crippen MR) is 89.2 cm³/mol. The van der Waals surface area contributed by atoms with Crippen LogP contribution in [0.15, 0.2) is 48.5 Å². The maximum absolute atomic E-state index is 12.0. The minimum atomic E-state index is -0.166. The first kappa shape index (κ1) is 15.1. The van der Waals surface area contributed by atoms with Crippen LogP contribution < -0.4 is 10.1 Å². The number of hydrogen-bond donors (Lipinski definition) is 1. The molecule has 1 N–H and O–H groups in total. The van der Waals surface area contributed by atoms with Gasteiger partial charge in [0.2, 0.25) is 0 Å². The van der Waals surface area contributed by atoms with E-state index >= 15 is 0 Å². The molecule has 0 bridgehead atoms. The number of carbonyl (C=O) groups is 1. The third-order valence-electron chi connectivity index (χ3n) is 3.78. The molecule has 3 aromatic rings. The zero-order valence-electron chi connectivity index (χ0n) is 13.2. The second-order valence-electron chi connectivity index (χ2n) is 5.41. The number of fused-ring (bicyclic) bond motifs is 1. The van der Waals surface area contributed by atoms with Crippen LogP contribution in [0.1, 0.15) is 11.4 Å². The van der Waals surface area contributed by atoms with Gasteiger partial charge in [0.05, 0.1) is 17.6 Å². The summed E-state index contributed by atoms with van der Waals surface area (Å²) in [4.78, 5) is 16.5. The van der Waals surface area contributed by atoms with E-state index in [0.29, 0.717) is 6.54 Å². The fraction of sp³-hybridized carbons (Fsp3) is 0.222. The second kappa shape index (κ2) is 6.52. The van der Waals surface area contributed by atoms with Gasteiger partial charge < -0.3 is 14.6 Å². The molecule has 1 heterocycles. The van der Waals surface area contributed by atoms with Gasteiger partial charge in [0, 0.05) is 7.05 Å². The van der Waals surface area contributed by atoms with Crippen molar-refractivity contribution in [1.82, 2.24) is 14.9 Å². The Morgan fingerprint density at radius 2 is 1.91 bits per heavy atom. The van der Waals surface area contributed by atoms with Crippen LogP contribution in [-0.4, -0.2) is 22.1 Å². The van der Waals surface area contributed by atoms with Gasteiger partial charge >= 0.3 is 0 Å². The maximum atomic E-state index is 12.0. The topological polar surface area (TPSA) is 56.1 Å². The molecule has 1 aromatic heterocycles. The van der Waals surface area contributed by atoms with Crippen LogP contribution in [0.4, 0.5) is 0 Å². The Balaban J connectivity index is 1.58. The lowest BCUT2D eigenvalue weighted by atomic mass is 10.2. The van der Waals surface area contributed by atoms with E-state index in [1.807, 2.05) is 67.1 Å². The van der Waals surface area contributed by atoms with Crippen LogP contribution >= 0.6 is 0 Å². The molecule has 0 saturated heterocycles. The fourth-order valence-electron chi connectivity index (χ4n) is 2.44. The summed E-state index contributed by atoms with van der Waals surface area (Å²) in [5.41, 5.74) is 2.99. The van der Waals surface area contributed by atoms with E-state index < -0.39 is 0 Å². The minimum absolute atomic E-state index is 0.00516. The molecule has 118 valence electrons. The second-order valence-corrected chi connectivity index (χ2v) is 5.41. The highest BCUT2D eigenvalue weighted by Gasteiger charge is 2.09. The molecule has 0 saturated carbocycles. The number of carbonyl (C=O) groups excluding carboxylic acids is 1. The quantitative estimate of drug-likeness (QED) is 0.788. The molecule has 5 nitrogen and oxygen atoms in total. The van der Waals surface area contributed by atoms with Crippen molar-refractivity contribution in [2.24, 2.45) is 7.05 Å². The number of nitrogens with zero attached hydrogens (tertiary/aromatic N) is 2. The Hall–Kier alpha value is -2.82.